The Morgan fingerprint density at radius 3 is 2.38 bits per heavy atom. The lowest BCUT2D eigenvalue weighted by atomic mass is 9.94. The van der Waals surface area contributed by atoms with Crippen molar-refractivity contribution in [2.45, 2.75) is 39.0 Å². The van der Waals surface area contributed by atoms with E-state index in [9.17, 15) is 13.2 Å². The molecule has 0 saturated carbocycles. The lowest BCUT2D eigenvalue weighted by Gasteiger charge is -2.34. The molecule has 1 aliphatic heterocycles. The third-order valence-electron chi connectivity index (χ3n) is 5.96. The van der Waals surface area contributed by atoms with E-state index in [1.165, 1.54) is 41.2 Å². The van der Waals surface area contributed by atoms with Gasteiger partial charge in [0.2, 0.25) is 15.2 Å². The molecule has 1 amide bonds. The van der Waals surface area contributed by atoms with Crippen molar-refractivity contribution in [1.82, 2.24) is 14.7 Å². The molecule has 2 N–H and O–H groups in total. The van der Waals surface area contributed by atoms with Gasteiger partial charge in [-0.2, -0.15) is 4.31 Å². The Hall–Kier alpha value is -2.49. The summed E-state index contributed by atoms with van der Waals surface area (Å²) in [5.41, 5.74) is 9.08. The molecule has 4 rings (SSSR count). The fourth-order valence-corrected chi connectivity index (χ4v) is 6.75. The fraction of sp³-hybridized carbons (Fsp3) is 0.391. The van der Waals surface area contributed by atoms with Crippen molar-refractivity contribution in [3.05, 3.63) is 53.1 Å². The molecule has 2 heterocycles. The van der Waals surface area contributed by atoms with Gasteiger partial charge in [0.1, 0.15) is 0 Å². The number of thiazole rings is 1. The van der Waals surface area contributed by atoms with E-state index < -0.39 is 10.0 Å². The minimum absolute atomic E-state index is 0.209. The van der Waals surface area contributed by atoms with Crippen LogP contribution in [0, 0.1) is 25.7 Å². The Kier molecular flexibility index (Phi) is 6.24. The standard InChI is InChI=1S/C23H28N4O3S2/c1-14-11-15(2)13-27(12-14)32(29,30)19-8-6-18(7-9-19)22(28)25-26-23-24-21-17(4)16(3)5-10-20(21)31-23/h5-10,14-15H,11-13H2,1-4H3,(H,24,26)(H,25,28)/t14-,15-/m1/s1. The van der Waals surface area contributed by atoms with Gasteiger partial charge < -0.3 is 0 Å². The number of carbonyl (C=O) groups is 1. The summed E-state index contributed by atoms with van der Waals surface area (Å²) in [6.45, 7) is 9.28. The van der Waals surface area contributed by atoms with E-state index in [2.05, 4.69) is 35.7 Å². The average Bonchev–Trinajstić information content (AvgIpc) is 3.18. The van der Waals surface area contributed by atoms with Gasteiger partial charge >= 0.3 is 0 Å². The van der Waals surface area contributed by atoms with Crippen LogP contribution in [0.3, 0.4) is 0 Å². The Bertz CT molecular complexity index is 1240. The monoisotopic (exact) mass is 472 g/mol. The Balaban J connectivity index is 1.44. The Morgan fingerprint density at radius 1 is 1.06 bits per heavy atom. The first-order valence-electron chi connectivity index (χ1n) is 10.7. The van der Waals surface area contributed by atoms with Crippen molar-refractivity contribution in [1.29, 1.82) is 0 Å². The Labute approximate surface area is 192 Å². The third kappa shape index (κ3) is 4.51. The molecule has 0 unspecified atom stereocenters. The van der Waals surface area contributed by atoms with Gasteiger partial charge in [-0.25, -0.2) is 13.4 Å². The van der Waals surface area contributed by atoms with Crippen molar-refractivity contribution in [3.8, 4) is 0 Å². The van der Waals surface area contributed by atoms with Gasteiger partial charge in [-0.05, 0) is 73.6 Å². The Morgan fingerprint density at radius 2 is 1.72 bits per heavy atom. The summed E-state index contributed by atoms with van der Waals surface area (Å²) in [6.07, 6.45) is 1.03. The molecule has 0 spiro atoms. The number of nitrogens with zero attached hydrogens (tertiary/aromatic N) is 2. The van der Waals surface area contributed by atoms with Gasteiger partial charge in [0.25, 0.3) is 5.91 Å². The SMILES string of the molecule is Cc1ccc2sc(NNC(=O)c3ccc(S(=O)(=O)N4C[C@H](C)C[C@@H](C)C4)cc3)nc2c1C. The van der Waals surface area contributed by atoms with E-state index in [0.717, 1.165) is 22.2 Å². The van der Waals surface area contributed by atoms with Crippen LogP contribution in [0.2, 0.25) is 0 Å². The maximum atomic E-state index is 13.0. The molecule has 2 atom stereocenters. The van der Waals surface area contributed by atoms with Crippen LogP contribution >= 0.6 is 11.3 Å². The summed E-state index contributed by atoms with van der Waals surface area (Å²) in [5.74, 6) is 0.307. The van der Waals surface area contributed by atoms with E-state index in [0.29, 0.717) is 35.6 Å². The number of fused-ring (bicyclic) bond motifs is 1. The van der Waals surface area contributed by atoms with Crippen molar-refractivity contribution in [3.63, 3.8) is 0 Å². The third-order valence-corrected chi connectivity index (χ3v) is 8.74. The first-order chi connectivity index (χ1) is 15.1. The molecule has 7 nitrogen and oxygen atoms in total. The normalized spacial score (nSPS) is 19.8. The molecule has 9 heteroatoms. The number of anilines is 1. The number of hydrogen-bond acceptors (Lipinski definition) is 6. The smallest absolute Gasteiger partial charge is 0.269 e. The molecular formula is C23H28N4O3S2. The van der Waals surface area contributed by atoms with Crippen LogP contribution in [0.1, 0.15) is 41.8 Å². The topological polar surface area (TPSA) is 91.4 Å². The zero-order valence-corrected chi connectivity index (χ0v) is 20.3. The molecule has 3 aromatic rings. The molecular weight excluding hydrogens is 444 g/mol. The summed E-state index contributed by atoms with van der Waals surface area (Å²) in [7, 11) is -3.57. The summed E-state index contributed by atoms with van der Waals surface area (Å²) < 4.78 is 28.6. The molecule has 32 heavy (non-hydrogen) atoms. The lowest BCUT2D eigenvalue weighted by molar-refractivity contribution is 0.0962. The second-order valence-electron chi connectivity index (χ2n) is 8.74. The molecule has 1 fully saturated rings. The highest BCUT2D eigenvalue weighted by Gasteiger charge is 2.31. The minimum atomic E-state index is -3.57. The predicted octanol–water partition coefficient (Wildman–Crippen LogP) is 4.34. The van der Waals surface area contributed by atoms with Crippen LogP contribution < -0.4 is 10.9 Å². The number of rotatable bonds is 5. The molecule has 0 bridgehead atoms. The highest BCUT2D eigenvalue weighted by molar-refractivity contribution is 7.89. The minimum Gasteiger partial charge on any atom is -0.273 e. The molecule has 0 radical (unpaired) electrons. The second kappa shape index (κ2) is 8.80. The largest absolute Gasteiger partial charge is 0.273 e. The van der Waals surface area contributed by atoms with Gasteiger partial charge in [-0.3, -0.25) is 15.6 Å². The van der Waals surface area contributed by atoms with Crippen LogP contribution in [-0.2, 0) is 10.0 Å². The van der Waals surface area contributed by atoms with Gasteiger partial charge in [-0.15, -0.1) is 0 Å². The zero-order chi connectivity index (χ0) is 23.0. The van der Waals surface area contributed by atoms with Gasteiger partial charge in [0, 0.05) is 18.7 Å². The summed E-state index contributed by atoms with van der Waals surface area (Å²) in [6, 6.07) is 10.1. The molecule has 1 saturated heterocycles. The molecule has 1 aromatic heterocycles. The number of aryl methyl sites for hydroxylation is 2. The van der Waals surface area contributed by atoms with E-state index >= 15 is 0 Å². The average molecular weight is 473 g/mol. The number of amides is 1. The summed E-state index contributed by atoms with van der Waals surface area (Å²) in [5, 5.41) is 0.592. The first-order valence-corrected chi connectivity index (χ1v) is 12.9. The number of aromatic nitrogens is 1. The van der Waals surface area contributed by atoms with Crippen LogP contribution in [-0.4, -0.2) is 36.7 Å². The van der Waals surface area contributed by atoms with Crippen molar-refractivity contribution >= 4 is 42.6 Å². The number of sulfonamides is 1. The molecule has 1 aliphatic rings. The van der Waals surface area contributed by atoms with E-state index in [1.54, 1.807) is 4.31 Å². The van der Waals surface area contributed by atoms with E-state index in [4.69, 9.17) is 0 Å². The molecule has 2 aromatic carbocycles. The maximum absolute atomic E-state index is 13.0. The van der Waals surface area contributed by atoms with Crippen LogP contribution in [0.25, 0.3) is 10.2 Å². The van der Waals surface area contributed by atoms with Crippen LogP contribution in [0.4, 0.5) is 5.13 Å². The quantitative estimate of drug-likeness (QED) is 0.539. The van der Waals surface area contributed by atoms with Gasteiger partial charge in [-0.1, -0.05) is 31.3 Å². The number of hydrazine groups is 1. The van der Waals surface area contributed by atoms with E-state index in [1.807, 2.05) is 19.9 Å². The van der Waals surface area contributed by atoms with Crippen molar-refractivity contribution < 1.29 is 13.2 Å². The number of nitrogens with one attached hydrogen (secondary N) is 2. The molecule has 170 valence electrons. The van der Waals surface area contributed by atoms with Crippen molar-refractivity contribution in [2.75, 3.05) is 18.5 Å². The van der Waals surface area contributed by atoms with Crippen molar-refractivity contribution in [2.24, 2.45) is 11.8 Å². The van der Waals surface area contributed by atoms with E-state index in [-0.39, 0.29) is 10.8 Å². The summed E-state index contributed by atoms with van der Waals surface area (Å²) in [4.78, 5) is 17.3. The molecule has 0 aliphatic carbocycles. The predicted molar refractivity (Wildman–Crippen MR) is 128 cm³/mol. The number of piperidine rings is 1. The van der Waals surface area contributed by atoms with Crippen LogP contribution in [0.15, 0.2) is 41.3 Å². The highest BCUT2D eigenvalue weighted by Crippen LogP contribution is 2.29. The van der Waals surface area contributed by atoms with Crippen LogP contribution in [0.5, 0.6) is 0 Å². The first kappa shape index (κ1) is 22.7. The van der Waals surface area contributed by atoms with Gasteiger partial charge in [0.05, 0.1) is 15.1 Å². The summed E-state index contributed by atoms with van der Waals surface area (Å²) >= 11 is 1.46. The number of hydrogen-bond donors (Lipinski definition) is 2. The zero-order valence-electron chi connectivity index (χ0n) is 18.7. The lowest BCUT2D eigenvalue weighted by Crippen LogP contribution is -2.42. The second-order valence-corrected chi connectivity index (χ2v) is 11.7. The number of benzene rings is 2. The number of carbonyl (C=O) groups excluding carboxylic acids is 1. The highest BCUT2D eigenvalue weighted by atomic mass is 32.2. The fourth-order valence-electron chi connectivity index (χ4n) is 4.19. The van der Waals surface area contributed by atoms with Gasteiger partial charge in [0.15, 0.2) is 0 Å². The maximum Gasteiger partial charge on any atom is 0.269 e.